The molecule has 3 aromatic rings. The first-order valence-corrected chi connectivity index (χ1v) is 6.24. The highest BCUT2D eigenvalue weighted by atomic mass is 35.5. The van der Waals surface area contributed by atoms with Gasteiger partial charge in [-0.15, -0.1) is 0 Å². The first-order valence-electron chi connectivity index (χ1n) is 5.86. The van der Waals surface area contributed by atoms with Gasteiger partial charge in [0.05, 0.1) is 16.3 Å². The van der Waals surface area contributed by atoms with Crippen LogP contribution in [0.5, 0.6) is 0 Å². The maximum atomic E-state index is 14.2. The van der Waals surface area contributed by atoms with Crippen molar-refractivity contribution in [3.63, 3.8) is 0 Å². The van der Waals surface area contributed by atoms with Crippen LogP contribution in [0, 0.1) is 5.82 Å². The summed E-state index contributed by atoms with van der Waals surface area (Å²) in [4.78, 5) is 0. The van der Waals surface area contributed by atoms with E-state index in [9.17, 15) is 4.39 Å². The van der Waals surface area contributed by atoms with E-state index < -0.39 is 5.82 Å². The van der Waals surface area contributed by atoms with E-state index in [1.807, 2.05) is 0 Å². The summed E-state index contributed by atoms with van der Waals surface area (Å²) in [6, 6.07) is 6.54. The van der Waals surface area contributed by atoms with E-state index in [4.69, 9.17) is 17.3 Å². The van der Waals surface area contributed by atoms with E-state index >= 15 is 0 Å². The number of hydrogen-bond donors (Lipinski definition) is 2. The Morgan fingerprint density at radius 2 is 2.15 bits per heavy atom. The maximum absolute atomic E-state index is 14.2. The van der Waals surface area contributed by atoms with Crippen molar-refractivity contribution >= 4 is 17.4 Å². The van der Waals surface area contributed by atoms with Crippen molar-refractivity contribution in [1.82, 2.24) is 20.0 Å². The van der Waals surface area contributed by atoms with E-state index in [1.165, 1.54) is 6.07 Å². The van der Waals surface area contributed by atoms with Crippen LogP contribution < -0.4 is 5.73 Å². The number of aromatic amines is 1. The molecule has 102 valence electrons. The number of anilines is 1. The number of nitrogens with two attached hydrogens (primary N) is 1. The van der Waals surface area contributed by atoms with Crippen LogP contribution in [0.4, 0.5) is 10.2 Å². The van der Waals surface area contributed by atoms with Gasteiger partial charge >= 0.3 is 0 Å². The number of nitrogens with one attached hydrogen (secondary N) is 1. The zero-order valence-electron chi connectivity index (χ0n) is 10.6. The van der Waals surface area contributed by atoms with Crippen LogP contribution in [-0.2, 0) is 7.05 Å². The molecule has 3 N–H and O–H groups in total. The summed E-state index contributed by atoms with van der Waals surface area (Å²) in [5.74, 6) is -0.328. The summed E-state index contributed by atoms with van der Waals surface area (Å²) >= 11 is 5.82. The van der Waals surface area contributed by atoms with Crippen LogP contribution in [0.3, 0.4) is 0 Å². The Morgan fingerprint density at radius 1 is 1.35 bits per heavy atom. The lowest BCUT2D eigenvalue weighted by molar-refractivity contribution is 0.632. The number of halogens is 2. The molecule has 0 bridgehead atoms. The molecule has 5 nitrogen and oxygen atoms in total. The highest BCUT2D eigenvalue weighted by molar-refractivity contribution is 6.31. The van der Waals surface area contributed by atoms with Gasteiger partial charge in [0.2, 0.25) is 0 Å². The SMILES string of the molecule is Cn1ccc(-c2[nH]nc(N)c2-c2cccc(Cl)c2F)n1. The molecule has 0 aliphatic rings. The minimum Gasteiger partial charge on any atom is -0.382 e. The highest BCUT2D eigenvalue weighted by Crippen LogP contribution is 2.36. The van der Waals surface area contributed by atoms with Crippen LogP contribution in [0.15, 0.2) is 30.5 Å². The van der Waals surface area contributed by atoms with Gasteiger partial charge in [-0.2, -0.15) is 10.2 Å². The molecule has 0 saturated heterocycles. The molecule has 1 aromatic carbocycles. The van der Waals surface area contributed by atoms with Crippen molar-refractivity contribution in [2.24, 2.45) is 7.05 Å². The van der Waals surface area contributed by atoms with Gasteiger partial charge in [0.25, 0.3) is 0 Å². The van der Waals surface area contributed by atoms with Crippen LogP contribution in [0.2, 0.25) is 5.02 Å². The smallest absolute Gasteiger partial charge is 0.153 e. The second-order valence-electron chi connectivity index (χ2n) is 4.33. The Labute approximate surface area is 119 Å². The maximum Gasteiger partial charge on any atom is 0.153 e. The van der Waals surface area contributed by atoms with E-state index in [0.717, 1.165) is 0 Å². The second kappa shape index (κ2) is 4.64. The molecule has 0 atom stereocenters. The Kier molecular flexibility index (Phi) is 2.94. The first-order chi connectivity index (χ1) is 9.58. The van der Waals surface area contributed by atoms with E-state index in [2.05, 4.69) is 15.3 Å². The molecule has 0 amide bonds. The zero-order chi connectivity index (χ0) is 14.3. The number of nitrogen functional groups attached to an aromatic ring is 1. The largest absolute Gasteiger partial charge is 0.382 e. The van der Waals surface area contributed by atoms with E-state index in [0.29, 0.717) is 22.5 Å². The number of rotatable bonds is 2. The lowest BCUT2D eigenvalue weighted by Gasteiger charge is -2.05. The summed E-state index contributed by atoms with van der Waals surface area (Å²) in [7, 11) is 1.79. The summed E-state index contributed by atoms with van der Waals surface area (Å²) in [6.45, 7) is 0. The van der Waals surface area contributed by atoms with Crippen LogP contribution in [-0.4, -0.2) is 20.0 Å². The predicted octanol–water partition coefficient (Wildman–Crippen LogP) is 2.85. The minimum atomic E-state index is -0.528. The third kappa shape index (κ3) is 1.94. The summed E-state index contributed by atoms with van der Waals surface area (Å²) in [5.41, 5.74) is 7.80. The average molecular weight is 292 g/mol. The van der Waals surface area contributed by atoms with Crippen molar-refractivity contribution in [2.45, 2.75) is 0 Å². The molecule has 0 spiro atoms. The molecule has 2 aromatic heterocycles. The van der Waals surface area contributed by atoms with Crippen molar-refractivity contribution in [3.05, 3.63) is 41.3 Å². The van der Waals surface area contributed by atoms with Gasteiger partial charge in [0, 0.05) is 18.8 Å². The normalized spacial score (nSPS) is 10.9. The molecular weight excluding hydrogens is 281 g/mol. The van der Waals surface area contributed by atoms with Gasteiger partial charge in [0.15, 0.2) is 5.82 Å². The molecule has 0 unspecified atom stereocenters. The zero-order valence-corrected chi connectivity index (χ0v) is 11.3. The monoisotopic (exact) mass is 291 g/mol. The van der Waals surface area contributed by atoms with Crippen LogP contribution in [0.1, 0.15) is 0 Å². The van der Waals surface area contributed by atoms with Crippen molar-refractivity contribution in [2.75, 3.05) is 5.73 Å². The standard InChI is InChI=1S/C13H11ClFN5/c1-20-6-5-9(19-20)12-10(13(16)18-17-12)7-3-2-4-8(14)11(7)15/h2-6H,1H3,(H3,16,17,18). The molecule has 0 saturated carbocycles. The van der Waals surface area contributed by atoms with Crippen LogP contribution >= 0.6 is 11.6 Å². The summed E-state index contributed by atoms with van der Waals surface area (Å²) in [5, 5.41) is 11.0. The Balaban J connectivity index is 2.24. The van der Waals surface area contributed by atoms with Gasteiger partial charge in [0.1, 0.15) is 11.5 Å². The number of aromatic nitrogens is 4. The van der Waals surface area contributed by atoms with Crippen molar-refractivity contribution in [3.8, 4) is 22.5 Å². The van der Waals surface area contributed by atoms with E-state index in [1.54, 1.807) is 36.1 Å². The number of benzene rings is 1. The summed E-state index contributed by atoms with van der Waals surface area (Å²) < 4.78 is 15.8. The molecule has 7 heteroatoms. The Morgan fingerprint density at radius 3 is 2.85 bits per heavy atom. The van der Waals surface area contributed by atoms with E-state index in [-0.39, 0.29) is 10.8 Å². The molecule has 0 fully saturated rings. The Bertz CT molecular complexity index is 777. The fourth-order valence-electron chi connectivity index (χ4n) is 2.06. The molecule has 0 aliphatic heterocycles. The number of hydrogen-bond acceptors (Lipinski definition) is 3. The first kappa shape index (κ1) is 12.7. The highest BCUT2D eigenvalue weighted by Gasteiger charge is 2.20. The average Bonchev–Trinajstić information content (AvgIpc) is 2.99. The number of aryl methyl sites for hydroxylation is 1. The van der Waals surface area contributed by atoms with Gasteiger partial charge in [-0.25, -0.2) is 4.39 Å². The molecular formula is C13H11ClFN5. The Hall–Kier alpha value is -2.34. The van der Waals surface area contributed by atoms with Gasteiger partial charge in [-0.1, -0.05) is 23.7 Å². The predicted molar refractivity (Wildman–Crippen MR) is 75.6 cm³/mol. The van der Waals surface area contributed by atoms with Crippen molar-refractivity contribution < 1.29 is 4.39 Å². The lowest BCUT2D eigenvalue weighted by Crippen LogP contribution is -1.93. The topological polar surface area (TPSA) is 72.5 Å². The fourth-order valence-corrected chi connectivity index (χ4v) is 2.23. The molecule has 20 heavy (non-hydrogen) atoms. The molecule has 2 heterocycles. The number of nitrogens with zero attached hydrogens (tertiary/aromatic N) is 3. The lowest BCUT2D eigenvalue weighted by atomic mass is 10.0. The van der Waals surface area contributed by atoms with Crippen LogP contribution in [0.25, 0.3) is 22.5 Å². The number of H-pyrrole nitrogens is 1. The van der Waals surface area contributed by atoms with Gasteiger partial charge in [-0.3, -0.25) is 9.78 Å². The third-order valence-corrected chi connectivity index (χ3v) is 3.28. The van der Waals surface area contributed by atoms with Gasteiger partial charge < -0.3 is 5.73 Å². The fraction of sp³-hybridized carbons (Fsp3) is 0.0769. The van der Waals surface area contributed by atoms with Gasteiger partial charge in [-0.05, 0) is 12.1 Å². The molecule has 0 aliphatic carbocycles. The molecule has 3 rings (SSSR count). The minimum absolute atomic E-state index is 0.0371. The second-order valence-corrected chi connectivity index (χ2v) is 4.74. The molecule has 0 radical (unpaired) electrons. The quantitative estimate of drug-likeness (QED) is 0.762. The summed E-state index contributed by atoms with van der Waals surface area (Å²) in [6.07, 6.45) is 1.78. The third-order valence-electron chi connectivity index (χ3n) is 2.98. The van der Waals surface area contributed by atoms with Crippen molar-refractivity contribution in [1.29, 1.82) is 0 Å².